The van der Waals surface area contributed by atoms with Crippen molar-refractivity contribution in [3.63, 3.8) is 0 Å². The van der Waals surface area contributed by atoms with E-state index in [1.807, 2.05) is 42.5 Å². The van der Waals surface area contributed by atoms with Gasteiger partial charge in [-0.25, -0.2) is 4.79 Å². The van der Waals surface area contributed by atoms with Crippen molar-refractivity contribution in [3.05, 3.63) is 60.1 Å². The lowest BCUT2D eigenvalue weighted by Crippen LogP contribution is -2.25. The molecule has 2 heterocycles. The van der Waals surface area contributed by atoms with Crippen molar-refractivity contribution < 1.29 is 18.8 Å². The summed E-state index contributed by atoms with van der Waals surface area (Å²) < 4.78 is 10.3. The van der Waals surface area contributed by atoms with Crippen LogP contribution in [0.2, 0.25) is 0 Å². The number of hydrogen-bond donors (Lipinski definition) is 0. The summed E-state index contributed by atoms with van der Waals surface area (Å²) >= 11 is 0. The Morgan fingerprint density at radius 2 is 2.10 bits per heavy atom. The molecule has 1 saturated heterocycles. The first-order valence-corrected chi connectivity index (χ1v) is 6.86. The highest BCUT2D eigenvalue weighted by Gasteiger charge is 2.40. The minimum atomic E-state index is -0.589. The number of carbonyl (C=O) groups excluding carboxylic acids is 1. The molecule has 0 saturated carbocycles. The van der Waals surface area contributed by atoms with Gasteiger partial charge in [0.2, 0.25) is 0 Å². The van der Waals surface area contributed by atoms with Crippen molar-refractivity contribution in [1.29, 1.82) is 0 Å². The fourth-order valence-electron chi connectivity index (χ4n) is 2.52. The molecule has 0 N–H and O–H groups in total. The van der Waals surface area contributed by atoms with Gasteiger partial charge in [-0.05, 0) is 17.7 Å². The van der Waals surface area contributed by atoms with Gasteiger partial charge < -0.3 is 9.15 Å². The van der Waals surface area contributed by atoms with E-state index in [0.717, 1.165) is 11.3 Å². The average Bonchev–Trinajstić information content (AvgIpc) is 3.16. The maximum atomic E-state index is 11.7. The van der Waals surface area contributed by atoms with E-state index in [9.17, 15) is 4.79 Å². The zero-order valence-electron chi connectivity index (χ0n) is 11.8. The monoisotopic (exact) mass is 287 g/mol. The number of hydroxylamine groups is 2. The van der Waals surface area contributed by atoms with Crippen molar-refractivity contribution in [3.8, 4) is 0 Å². The molecular formula is C16H17NO4. The Morgan fingerprint density at radius 3 is 2.76 bits per heavy atom. The van der Waals surface area contributed by atoms with Crippen LogP contribution in [0.1, 0.15) is 23.8 Å². The Morgan fingerprint density at radius 1 is 1.29 bits per heavy atom. The molecule has 0 amide bonds. The topological polar surface area (TPSA) is 51.9 Å². The van der Waals surface area contributed by atoms with Crippen molar-refractivity contribution in [1.82, 2.24) is 5.06 Å². The summed E-state index contributed by atoms with van der Waals surface area (Å²) in [6.45, 7) is 0.583. The summed E-state index contributed by atoms with van der Waals surface area (Å²) in [4.78, 5) is 17.5. The number of furan rings is 1. The first-order chi connectivity index (χ1) is 10.3. The van der Waals surface area contributed by atoms with Gasteiger partial charge in [-0.1, -0.05) is 30.3 Å². The molecule has 2 aromatic rings. The number of carbonyl (C=O) groups is 1. The molecule has 0 radical (unpaired) electrons. The second kappa shape index (κ2) is 6.11. The summed E-state index contributed by atoms with van der Waals surface area (Å²) in [7, 11) is 1.37. The SMILES string of the molecule is COC(=O)[C@H]1C[C@H](c2ccco2)N(Cc2ccccc2)O1. The molecule has 0 spiro atoms. The molecule has 1 aromatic carbocycles. The minimum Gasteiger partial charge on any atom is -0.468 e. The van der Waals surface area contributed by atoms with Crippen LogP contribution in [-0.4, -0.2) is 24.2 Å². The van der Waals surface area contributed by atoms with E-state index in [1.54, 1.807) is 11.3 Å². The van der Waals surface area contributed by atoms with Gasteiger partial charge in [0.05, 0.1) is 19.4 Å². The van der Waals surface area contributed by atoms with Gasteiger partial charge >= 0.3 is 5.97 Å². The quantitative estimate of drug-likeness (QED) is 0.809. The lowest BCUT2D eigenvalue weighted by atomic mass is 10.1. The summed E-state index contributed by atoms with van der Waals surface area (Å²) in [5.41, 5.74) is 1.11. The number of methoxy groups -OCH3 is 1. The predicted molar refractivity (Wildman–Crippen MR) is 74.9 cm³/mol. The summed E-state index contributed by atoms with van der Waals surface area (Å²) in [6, 6.07) is 13.6. The minimum absolute atomic E-state index is 0.0932. The van der Waals surface area contributed by atoms with Gasteiger partial charge in [-0.15, -0.1) is 0 Å². The summed E-state index contributed by atoms with van der Waals surface area (Å²) in [6.07, 6.45) is 1.56. The van der Waals surface area contributed by atoms with E-state index < -0.39 is 6.10 Å². The molecule has 0 bridgehead atoms. The first-order valence-electron chi connectivity index (χ1n) is 6.86. The van der Waals surface area contributed by atoms with Crippen LogP contribution in [0.4, 0.5) is 0 Å². The molecule has 5 nitrogen and oxygen atoms in total. The normalized spacial score (nSPS) is 22.3. The molecule has 3 rings (SSSR count). The van der Waals surface area contributed by atoms with Gasteiger partial charge in [0, 0.05) is 13.0 Å². The summed E-state index contributed by atoms with van der Waals surface area (Å²) in [5, 5.41) is 1.79. The maximum absolute atomic E-state index is 11.7. The van der Waals surface area contributed by atoms with Gasteiger partial charge in [0.25, 0.3) is 0 Å². The van der Waals surface area contributed by atoms with Crippen LogP contribution in [0.25, 0.3) is 0 Å². The van der Waals surface area contributed by atoms with Crippen molar-refractivity contribution in [2.24, 2.45) is 0 Å². The third-order valence-electron chi connectivity index (χ3n) is 3.56. The molecule has 21 heavy (non-hydrogen) atoms. The van der Waals surface area contributed by atoms with Crippen LogP contribution < -0.4 is 0 Å². The third-order valence-corrected chi connectivity index (χ3v) is 3.56. The standard InChI is InChI=1S/C16H17NO4/c1-19-16(18)15-10-13(14-8-5-9-20-14)17(21-15)11-12-6-3-2-4-7-12/h2-9,13,15H,10-11H2,1H3/t13-,15-/m1/s1. The van der Waals surface area contributed by atoms with Gasteiger partial charge in [-0.3, -0.25) is 4.84 Å². The zero-order valence-corrected chi connectivity index (χ0v) is 11.8. The van der Waals surface area contributed by atoms with Gasteiger partial charge in [-0.2, -0.15) is 5.06 Å². The lowest BCUT2D eigenvalue weighted by Gasteiger charge is -2.21. The van der Waals surface area contributed by atoms with Crippen LogP contribution >= 0.6 is 0 Å². The Bertz CT molecular complexity index is 582. The molecular weight excluding hydrogens is 270 g/mol. The Kier molecular flexibility index (Phi) is 4.03. The first kappa shape index (κ1) is 13.9. The Balaban J connectivity index is 1.80. The molecule has 1 aliphatic rings. The Hall–Kier alpha value is -2.11. The van der Waals surface area contributed by atoms with E-state index in [4.69, 9.17) is 14.0 Å². The molecule has 1 aromatic heterocycles. The van der Waals surface area contributed by atoms with Gasteiger partial charge in [0.15, 0.2) is 6.10 Å². The van der Waals surface area contributed by atoms with E-state index in [2.05, 4.69) is 0 Å². The van der Waals surface area contributed by atoms with E-state index in [1.165, 1.54) is 7.11 Å². The number of benzene rings is 1. The number of esters is 1. The highest BCUT2D eigenvalue weighted by Crippen LogP contribution is 2.35. The fourth-order valence-corrected chi connectivity index (χ4v) is 2.52. The highest BCUT2D eigenvalue weighted by atomic mass is 16.7. The lowest BCUT2D eigenvalue weighted by molar-refractivity contribution is -0.192. The smallest absolute Gasteiger partial charge is 0.337 e. The van der Waals surface area contributed by atoms with Crippen LogP contribution in [0.3, 0.4) is 0 Å². The number of ether oxygens (including phenoxy) is 1. The maximum Gasteiger partial charge on any atom is 0.337 e. The molecule has 110 valence electrons. The highest BCUT2D eigenvalue weighted by molar-refractivity contribution is 5.74. The molecule has 1 aliphatic heterocycles. The van der Waals surface area contributed by atoms with Crippen LogP contribution in [0, 0.1) is 0 Å². The van der Waals surface area contributed by atoms with Crippen LogP contribution in [0.15, 0.2) is 53.1 Å². The number of rotatable bonds is 4. The van der Waals surface area contributed by atoms with Gasteiger partial charge in [0.1, 0.15) is 5.76 Å². The fraction of sp³-hybridized carbons (Fsp3) is 0.312. The second-order valence-electron chi connectivity index (χ2n) is 4.94. The largest absolute Gasteiger partial charge is 0.468 e. The number of nitrogens with zero attached hydrogens (tertiary/aromatic N) is 1. The number of hydrogen-bond acceptors (Lipinski definition) is 5. The molecule has 2 atom stereocenters. The molecule has 0 aliphatic carbocycles. The zero-order chi connectivity index (χ0) is 14.7. The third kappa shape index (κ3) is 2.99. The summed E-state index contributed by atoms with van der Waals surface area (Å²) in [5.74, 6) is 0.430. The Labute approximate surface area is 123 Å². The van der Waals surface area contributed by atoms with E-state index >= 15 is 0 Å². The van der Waals surface area contributed by atoms with Crippen molar-refractivity contribution in [2.45, 2.75) is 25.1 Å². The molecule has 5 heteroatoms. The van der Waals surface area contributed by atoms with E-state index in [-0.39, 0.29) is 12.0 Å². The van der Waals surface area contributed by atoms with Crippen LogP contribution in [-0.2, 0) is 20.9 Å². The average molecular weight is 287 g/mol. The van der Waals surface area contributed by atoms with Crippen LogP contribution in [0.5, 0.6) is 0 Å². The second-order valence-corrected chi connectivity index (χ2v) is 4.94. The van der Waals surface area contributed by atoms with Crippen molar-refractivity contribution in [2.75, 3.05) is 7.11 Å². The molecule has 0 unspecified atom stereocenters. The van der Waals surface area contributed by atoms with Crippen molar-refractivity contribution >= 4 is 5.97 Å². The molecule has 1 fully saturated rings. The predicted octanol–water partition coefficient (Wildman–Crippen LogP) is 2.70. The van der Waals surface area contributed by atoms with E-state index in [0.29, 0.717) is 13.0 Å².